The summed E-state index contributed by atoms with van der Waals surface area (Å²) in [5.41, 5.74) is 0.948. The van der Waals surface area contributed by atoms with Crippen molar-refractivity contribution < 1.29 is 19.8 Å². The Balaban J connectivity index is 0.000000293. The van der Waals surface area contributed by atoms with Crippen LogP contribution >= 0.6 is 0 Å². The number of carboxylic acids is 1. The van der Waals surface area contributed by atoms with Gasteiger partial charge in [-0.15, -0.1) is 0 Å². The fraction of sp³-hybridized carbons (Fsp3) is 0.923. The molecule has 178 valence electrons. The number of carboxylic acid groups (broad SMARTS) is 1. The maximum Gasteiger partial charge on any atom is 0.317 e. The molecule has 0 saturated heterocycles. The number of carbonyl (C=O) groups is 2. The molecule has 0 spiro atoms. The number of aliphatic hydroxyl groups is 1. The number of hydrogen-bond acceptors (Lipinski definition) is 4. The van der Waals surface area contributed by atoms with Gasteiger partial charge in [0.05, 0.1) is 13.2 Å². The van der Waals surface area contributed by atoms with Crippen molar-refractivity contribution in [3.05, 3.63) is 0 Å². The number of Topliss-reactive ketones (excluding diaryl/α,β-unsaturated/α-hetero) is 1. The van der Waals surface area contributed by atoms with Crippen LogP contribution in [-0.4, -0.2) is 41.7 Å². The predicted octanol–water partition coefficient (Wildman–Crippen LogP) is 4.52. The lowest BCUT2D eigenvalue weighted by molar-refractivity contribution is -0.136. The first-order chi connectivity index (χ1) is 14.6. The van der Waals surface area contributed by atoms with Crippen molar-refractivity contribution in [3.63, 3.8) is 0 Å². The molecular weight excluding hydrogens is 390 g/mol. The average Bonchev–Trinajstić information content (AvgIpc) is 3.06. The SMILES string of the molecule is CC(=O)C1CCC2C3CCC4CC(C)CCC4(C)C3CCC12C.O=C(O)CNCCO. The minimum Gasteiger partial charge on any atom is -0.480 e. The van der Waals surface area contributed by atoms with Crippen LogP contribution in [0.2, 0.25) is 0 Å². The van der Waals surface area contributed by atoms with E-state index in [1.807, 2.05) is 6.92 Å². The Labute approximate surface area is 188 Å². The summed E-state index contributed by atoms with van der Waals surface area (Å²) >= 11 is 0. The topological polar surface area (TPSA) is 86.6 Å². The van der Waals surface area contributed by atoms with Crippen LogP contribution in [-0.2, 0) is 9.59 Å². The molecule has 0 bridgehead atoms. The molecule has 8 atom stereocenters. The highest BCUT2D eigenvalue weighted by atomic mass is 16.4. The summed E-state index contributed by atoms with van der Waals surface area (Å²) in [5.74, 6) is 4.59. The molecule has 4 aliphatic carbocycles. The van der Waals surface area contributed by atoms with Gasteiger partial charge in [-0.2, -0.15) is 0 Å². The van der Waals surface area contributed by atoms with Crippen LogP contribution in [0.3, 0.4) is 0 Å². The Bertz CT molecular complexity index is 651. The minimum atomic E-state index is -0.904. The van der Waals surface area contributed by atoms with Crippen LogP contribution < -0.4 is 5.32 Å². The molecule has 0 aromatic heterocycles. The zero-order chi connectivity index (χ0) is 22.8. The highest BCUT2D eigenvalue weighted by Gasteiger charge is 2.60. The zero-order valence-electron chi connectivity index (χ0n) is 20.2. The number of carbonyl (C=O) groups excluding carboxylic acids is 1. The van der Waals surface area contributed by atoms with Crippen molar-refractivity contribution in [2.75, 3.05) is 19.7 Å². The maximum absolute atomic E-state index is 12.2. The van der Waals surface area contributed by atoms with Crippen molar-refractivity contribution in [2.24, 2.45) is 46.3 Å². The fourth-order valence-electron chi connectivity index (χ4n) is 8.41. The van der Waals surface area contributed by atoms with Gasteiger partial charge in [0.25, 0.3) is 0 Å². The van der Waals surface area contributed by atoms with Crippen LogP contribution in [0.5, 0.6) is 0 Å². The third kappa shape index (κ3) is 4.88. The number of aliphatic hydroxyl groups excluding tert-OH is 1. The molecule has 5 heteroatoms. The number of fused-ring (bicyclic) bond motifs is 5. The highest BCUT2D eigenvalue weighted by Crippen LogP contribution is 2.67. The van der Waals surface area contributed by atoms with Gasteiger partial charge < -0.3 is 15.5 Å². The first kappa shape index (κ1) is 24.7. The Kier molecular flexibility index (Phi) is 7.89. The summed E-state index contributed by atoms with van der Waals surface area (Å²) in [6.07, 6.45) is 12.6. The molecule has 0 amide bonds. The molecule has 3 N–H and O–H groups in total. The molecule has 0 aliphatic heterocycles. The lowest BCUT2D eigenvalue weighted by atomic mass is 9.44. The van der Waals surface area contributed by atoms with Crippen molar-refractivity contribution in [1.29, 1.82) is 0 Å². The first-order valence-corrected chi connectivity index (χ1v) is 12.7. The van der Waals surface area contributed by atoms with E-state index in [1.54, 1.807) is 0 Å². The van der Waals surface area contributed by atoms with Crippen LogP contribution in [0, 0.1) is 46.3 Å². The number of hydrogen-bond donors (Lipinski definition) is 3. The smallest absolute Gasteiger partial charge is 0.317 e. The van der Waals surface area contributed by atoms with E-state index >= 15 is 0 Å². The van der Waals surface area contributed by atoms with E-state index in [-0.39, 0.29) is 13.2 Å². The molecular formula is C26H45NO4. The zero-order valence-corrected chi connectivity index (χ0v) is 20.2. The van der Waals surface area contributed by atoms with E-state index in [1.165, 1.54) is 57.8 Å². The van der Waals surface area contributed by atoms with E-state index < -0.39 is 5.97 Å². The van der Waals surface area contributed by atoms with E-state index in [4.69, 9.17) is 10.2 Å². The van der Waals surface area contributed by atoms with Crippen LogP contribution in [0.25, 0.3) is 0 Å². The van der Waals surface area contributed by atoms with Crippen LogP contribution in [0.4, 0.5) is 0 Å². The van der Waals surface area contributed by atoms with Gasteiger partial charge in [0.15, 0.2) is 0 Å². The number of ketones is 1. The molecule has 31 heavy (non-hydrogen) atoms. The van der Waals surface area contributed by atoms with Gasteiger partial charge in [-0.1, -0.05) is 27.2 Å². The summed E-state index contributed by atoms with van der Waals surface area (Å²) in [5, 5.41) is 18.6. The molecule has 0 radical (unpaired) electrons. The lowest BCUT2D eigenvalue weighted by Crippen LogP contribution is -2.53. The normalized spacial score (nSPS) is 43.6. The van der Waals surface area contributed by atoms with Gasteiger partial charge in [-0.05, 0) is 98.7 Å². The molecule has 0 aromatic rings. The van der Waals surface area contributed by atoms with Crippen LogP contribution in [0.15, 0.2) is 0 Å². The summed E-state index contributed by atoms with van der Waals surface area (Å²) in [6, 6.07) is 0. The Morgan fingerprint density at radius 3 is 2.29 bits per heavy atom. The standard InChI is InChI=1S/C22H36O.C4H9NO3/c1-14-9-11-21(3)16(13-14)5-6-17-19-8-7-18(15(2)23)22(19,4)12-10-20(17)21;6-2-1-5-3-4(7)8/h14,16-20H,5-13H2,1-4H3;5-6H,1-3H2,(H,7,8). The predicted molar refractivity (Wildman–Crippen MR) is 123 cm³/mol. The van der Waals surface area contributed by atoms with E-state index in [0.29, 0.717) is 29.1 Å². The van der Waals surface area contributed by atoms with Crippen molar-refractivity contribution in [2.45, 2.75) is 85.5 Å². The fourth-order valence-corrected chi connectivity index (χ4v) is 8.41. The molecule has 5 nitrogen and oxygen atoms in total. The van der Waals surface area contributed by atoms with Crippen molar-refractivity contribution in [1.82, 2.24) is 5.32 Å². The number of rotatable bonds is 5. The monoisotopic (exact) mass is 435 g/mol. The lowest BCUT2D eigenvalue weighted by Gasteiger charge is -2.61. The van der Waals surface area contributed by atoms with Crippen molar-refractivity contribution >= 4 is 11.8 Å². The van der Waals surface area contributed by atoms with Crippen molar-refractivity contribution in [3.8, 4) is 0 Å². The van der Waals surface area contributed by atoms with Gasteiger partial charge in [0.1, 0.15) is 5.78 Å². The average molecular weight is 436 g/mol. The first-order valence-electron chi connectivity index (χ1n) is 12.7. The van der Waals surface area contributed by atoms with Gasteiger partial charge in [0.2, 0.25) is 0 Å². The molecule has 0 heterocycles. The molecule has 4 rings (SSSR count). The second kappa shape index (κ2) is 9.91. The summed E-state index contributed by atoms with van der Waals surface area (Å²) in [6.45, 7) is 9.69. The molecule has 4 fully saturated rings. The number of nitrogens with one attached hydrogen (secondary N) is 1. The van der Waals surface area contributed by atoms with E-state index in [2.05, 4.69) is 26.1 Å². The largest absolute Gasteiger partial charge is 0.480 e. The van der Waals surface area contributed by atoms with E-state index in [0.717, 1.165) is 29.6 Å². The molecule has 0 aromatic carbocycles. The Morgan fingerprint density at radius 2 is 1.65 bits per heavy atom. The third-order valence-corrected chi connectivity index (χ3v) is 9.98. The van der Waals surface area contributed by atoms with Gasteiger partial charge in [-0.25, -0.2) is 0 Å². The molecule has 4 saturated carbocycles. The second-order valence-corrected chi connectivity index (χ2v) is 11.6. The Morgan fingerprint density at radius 1 is 0.968 bits per heavy atom. The van der Waals surface area contributed by atoms with Crippen LogP contribution in [0.1, 0.15) is 85.5 Å². The number of aliphatic carboxylic acids is 1. The molecule has 8 unspecified atom stereocenters. The second-order valence-electron chi connectivity index (χ2n) is 11.6. The quantitative estimate of drug-likeness (QED) is 0.553. The summed E-state index contributed by atoms with van der Waals surface area (Å²) in [4.78, 5) is 21.9. The van der Waals surface area contributed by atoms with E-state index in [9.17, 15) is 9.59 Å². The molecule has 4 aliphatic rings. The maximum atomic E-state index is 12.2. The summed E-state index contributed by atoms with van der Waals surface area (Å²) < 4.78 is 0. The highest BCUT2D eigenvalue weighted by molar-refractivity contribution is 5.79. The van der Waals surface area contributed by atoms with Gasteiger partial charge in [-0.3, -0.25) is 9.59 Å². The summed E-state index contributed by atoms with van der Waals surface area (Å²) in [7, 11) is 0. The van der Waals surface area contributed by atoms with Gasteiger partial charge >= 0.3 is 5.97 Å². The third-order valence-electron chi connectivity index (χ3n) is 9.98. The minimum absolute atomic E-state index is 0.0206. The van der Waals surface area contributed by atoms with Gasteiger partial charge in [0, 0.05) is 12.5 Å². The Hall–Kier alpha value is -0.940.